The number of ether oxygens (including phenoxy) is 1. The van der Waals surface area contributed by atoms with Crippen molar-refractivity contribution in [2.24, 2.45) is 0 Å². The van der Waals surface area contributed by atoms with E-state index in [9.17, 15) is 32.4 Å². The molecule has 0 saturated carbocycles. The molecule has 1 aliphatic heterocycles. The van der Waals surface area contributed by atoms with E-state index in [1.165, 1.54) is 76.6 Å². The van der Waals surface area contributed by atoms with E-state index in [1.54, 1.807) is 12.1 Å². The topological polar surface area (TPSA) is 169 Å². The number of rotatable bonds is 18. The van der Waals surface area contributed by atoms with Crippen molar-refractivity contribution < 1.29 is 36.7 Å². The van der Waals surface area contributed by atoms with Gasteiger partial charge in [0, 0.05) is 23.6 Å². The first-order valence-electron chi connectivity index (χ1n) is 16.5. The van der Waals surface area contributed by atoms with Gasteiger partial charge in [-0.3, -0.25) is 14.4 Å². The number of nitrogens with zero attached hydrogens (tertiary/aromatic N) is 1. The number of carbonyl (C=O) groups excluding carboxylic acids is 4. The second-order valence-electron chi connectivity index (χ2n) is 12.5. The molecule has 2 heterocycles. The van der Waals surface area contributed by atoms with Gasteiger partial charge >= 0.3 is 11.7 Å². The second kappa shape index (κ2) is 16.6. The number of carbonyl (C=O) groups is 4. The molecule has 1 atom stereocenters. The summed E-state index contributed by atoms with van der Waals surface area (Å²) in [7, 11) is -4.01. The normalized spacial score (nSPS) is 15.0. The molecule has 1 aromatic heterocycles. The van der Waals surface area contributed by atoms with Gasteiger partial charge < -0.3 is 14.5 Å². The molecule has 1 fully saturated rings. The van der Waals surface area contributed by atoms with Crippen molar-refractivity contribution in [1.82, 2.24) is 9.62 Å². The zero-order chi connectivity index (χ0) is 35.8. The number of imide groups is 1. The van der Waals surface area contributed by atoms with Crippen molar-refractivity contribution in [2.75, 3.05) is 11.9 Å². The highest BCUT2D eigenvalue weighted by Gasteiger charge is 2.54. The molecule has 0 aliphatic carbocycles. The van der Waals surface area contributed by atoms with Gasteiger partial charge in [-0.05, 0) is 44.5 Å². The summed E-state index contributed by atoms with van der Waals surface area (Å²) in [6.45, 7) is 5.00. The number of unbranched alkanes of at least 4 members (excludes halogenated alkanes) is 9. The molecule has 0 spiro atoms. The van der Waals surface area contributed by atoms with Crippen LogP contribution in [0.25, 0.3) is 11.0 Å². The molecular formula is C35H42ClN3O9S. The standard InChI is InChI=1S/C35H42ClN3O9S/c1-4-5-6-7-8-9-10-11-12-15-20-37-49(45,46)23-18-19-26(36)27(21-23)38-32(42)30(39-33(43)35(2,3)48-34(39)44)31(41)25-22-29(40)47-28-17-14-13-16-24(25)28/h13-14,16-19,21-22,30,37H,4-12,15,20H2,1-3H3,(H,38,42). The molecule has 2 N–H and O–H groups in total. The Morgan fingerprint density at radius 2 is 1.53 bits per heavy atom. The maximum Gasteiger partial charge on any atom is 0.418 e. The lowest BCUT2D eigenvalue weighted by Crippen LogP contribution is -2.53. The van der Waals surface area contributed by atoms with E-state index >= 15 is 0 Å². The van der Waals surface area contributed by atoms with Crippen LogP contribution in [0.4, 0.5) is 10.5 Å². The highest BCUT2D eigenvalue weighted by Crippen LogP contribution is 2.31. The Balaban J connectivity index is 1.51. The molecule has 14 heteroatoms. The predicted octanol–water partition coefficient (Wildman–Crippen LogP) is 6.59. The minimum absolute atomic E-state index is 0.0411. The van der Waals surface area contributed by atoms with E-state index in [0.717, 1.165) is 31.4 Å². The summed E-state index contributed by atoms with van der Waals surface area (Å²) in [4.78, 5) is 66.6. The highest BCUT2D eigenvalue weighted by atomic mass is 35.5. The van der Waals surface area contributed by atoms with Gasteiger partial charge in [0.25, 0.3) is 11.8 Å². The molecule has 3 amide bonds. The van der Waals surface area contributed by atoms with Crippen molar-refractivity contribution in [1.29, 1.82) is 0 Å². The number of anilines is 1. The van der Waals surface area contributed by atoms with Gasteiger partial charge in [-0.1, -0.05) is 94.5 Å². The zero-order valence-electron chi connectivity index (χ0n) is 27.9. The van der Waals surface area contributed by atoms with Crippen LogP contribution >= 0.6 is 11.6 Å². The molecule has 4 rings (SSSR count). The summed E-state index contributed by atoms with van der Waals surface area (Å²) in [6, 6.07) is 8.41. The summed E-state index contributed by atoms with van der Waals surface area (Å²) in [6.07, 6.45) is 9.78. The largest absolute Gasteiger partial charge is 0.433 e. The average Bonchev–Trinajstić information content (AvgIpc) is 3.25. The molecule has 264 valence electrons. The van der Waals surface area contributed by atoms with Gasteiger partial charge in [0.1, 0.15) is 5.58 Å². The third-order valence-electron chi connectivity index (χ3n) is 8.27. The number of nitrogens with one attached hydrogen (secondary N) is 2. The Labute approximate surface area is 290 Å². The SMILES string of the molecule is CCCCCCCCCCCCNS(=O)(=O)c1ccc(Cl)c(NC(=O)C(C(=O)c2cc(=O)oc3ccccc23)N2C(=O)OC(C)(C)C2=O)c1. The molecule has 0 bridgehead atoms. The molecule has 1 aliphatic rings. The summed E-state index contributed by atoms with van der Waals surface area (Å²) >= 11 is 6.33. The molecule has 12 nitrogen and oxygen atoms in total. The molecular weight excluding hydrogens is 674 g/mol. The van der Waals surface area contributed by atoms with Crippen LogP contribution in [0.15, 0.2) is 62.6 Å². The molecule has 1 unspecified atom stereocenters. The lowest BCUT2D eigenvalue weighted by Gasteiger charge is -2.23. The first-order valence-corrected chi connectivity index (χ1v) is 18.4. The van der Waals surface area contributed by atoms with Gasteiger partial charge in [0.05, 0.1) is 15.6 Å². The van der Waals surface area contributed by atoms with Crippen LogP contribution in [0.1, 0.15) is 95.3 Å². The number of para-hydroxylation sites is 1. The lowest BCUT2D eigenvalue weighted by atomic mass is 9.98. The van der Waals surface area contributed by atoms with E-state index in [0.29, 0.717) is 11.3 Å². The summed E-state index contributed by atoms with van der Waals surface area (Å²) in [5, 5.41) is 2.49. The number of hydrogen-bond acceptors (Lipinski definition) is 9. The van der Waals surface area contributed by atoms with Crippen molar-refractivity contribution in [3.63, 3.8) is 0 Å². The Kier molecular flexibility index (Phi) is 12.8. The summed E-state index contributed by atoms with van der Waals surface area (Å²) in [5.74, 6) is -3.25. The minimum Gasteiger partial charge on any atom is -0.433 e. The second-order valence-corrected chi connectivity index (χ2v) is 14.7. The number of cyclic esters (lactones) is 1. The van der Waals surface area contributed by atoms with E-state index < -0.39 is 51.0 Å². The zero-order valence-corrected chi connectivity index (χ0v) is 29.5. The van der Waals surface area contributed by atoms with E-state index in [2.05, 4.69) is 17.0 Å². The first kappa shape index (κ1) is 37.7. The maximum atomic E-state index is 14.0. The minimum atomic E-state index is -4.01. The third kappa shape index (κ3) is 9.34. The lowest BCUT2D eigenvalue weighted by molar-refractivity contribution is -0.137. The smallest absolute Gasteiger partial charge is 0.418 e. The molecule has 0 radical (unpaired) electrons. The predicted molar refractivity (Wildman–Crippen MR) is 185 cm³/mol. The van der Waals surface area contributed by atoms with Crippen molar-refractivity contribution >= 4 is 62.0 Å². The number of sulfonamides is 1. The van der Waals surface area contributed by atoms with Gasteiger partial charge in [0.15, 0.2) is 17.4 Å². The highest BCUT2D eigenvalue weighted by molar-refractivity contribution is 7.89. The van der Waals surface area contributed by atoms with Crippen LogP contribution < -0.4 is 15.7 Å². The molecule has 3 aromatic rings. The third-order valence-corrected chi connectivity index (χ3v) is 10.1. The molecule has 2 aromatic carbocycles. The fourth-order valence-corrected chi connectivity index (χ4v) is 6.86. The number of amides is 3. The van der Waals surface area contributed by atoms with Crippen LogP contribution in [-0.2, 0) is 24.3 Å². The van der Waals surface area contributed by atoms with Crippen molar-refractivity contribution in [2.45, 2.75) is 102 Å². The quantitative estimate of drug-likeness (QED) is 0.0638. The number of ketones is 1. The first-order chi connectivity index (χ1) is 23.3. The van der Waals surface area contributed by atoms with E-state index in [4.69, 9.17) is 20.8 Å². The average molecular weight is 716 g/mol. The molecule has 1 saturated heterocycles. The Bertz CT molecular complexity index is 1870. The monoisotopic (exact) mass is 715 g/mol. The van der Waals surface area contributed by atoms with Crippen LogP contribution in [0.2, 0.25) is 5.02 Å². The van der Waals surface area contributed by atoms with Gasteiger partial charge in [0.2, 0.25) is 10.0 Å². The summed E-state index contributed by atoms with van der Waals surface area (Å²) < 4.78 is 39.1. The van der Waals surface area contributed by atoms with Crippen LogP contribution in [0.3, 0.4) is 0 Å². The van der Waals surface area contributed by atoms with Gasteiger partial charge in [-0.2, -0.15) is 0 Å². The Morgan fingerprint density at radius 1 is 0.898 bits per heavy atom. The number of Topliss-reactive ketones (excluding diaryl/α,β-unsaturated/α-hetero) is 1. The van der Waals surface area contributed by atoms with E-state index in [1.807, 2.05) is 0 Å². The fourth-order valence-electron chi connectivity index (χ4n) is 5.59. The van der Waals surface area contributed by atoms with Crippen molar-refractivity contribution in [3.05, 3.63) is 69.5 Å². The van der Waals surface area contributed by atoms with Crippen LogP contribution in [0.5, 0.6) is 0 Å². The fraction of sp³-hybridized carbons (Fsp3) is 0.457. The van der Waals surface area contributed by atoms with Crippen LogP contribution in [-0.4, -0.2) is 55.2 Å². The maximum absolute atomic E-state index is 14.0. The van der Waals surface area contributed by atoms with Crippen LogP contribution in [0, 0.1) is 0 Å². The van der Waals surface area contributed by atoms with E-state index in [-0.39, 0.29) is 38.7 Å². The van der Waals surface area contributed by atoms with Gasteiger partial charge in [-0.15, -0.1) is 0 Å². The molecule has 49 heavy (non-hydrogen) atoms. The Hall–Kier alpha value is -4.07. The number of hydrogen-bond donors (Lipinski definition) is 2. The van der Waals surface area contributed by atoms with Gasteiger partial charge in [-0.25, -0.2) is 27.6 Å². The number of benzene rings is 2. The number of fused-ring (bicyclic) bond motifs is 1. The summed E-state index contributed by atoms with van der Waals surface area (Å²) in [5.41, 5.74) is -3.03. The Morgan fingerprint density at radius 3 is 2.16 bits per heavy atom. The van der Waals surface area contributed by atoms with Crippen molar-refractivity contribution in [3.8, 4) is 0 Å². The number of halogens is 1.